The normalized spacial score (nSPS) is 10.6. The average Bonchev–Trinajstić information content (AvgIpc) is 2.50. The van der Waals surface area contributed by atoms with Gasteiger partial charge in [-0.25, -0.2) is 0 Å². The molecule has 0 amide bonds. The lowest BCUT2D eigenvalue weighted by molar-refractivity contribution is 0.194. The van der Waals surface area contributed by atoms with Gasteiger partial charge in [-0.15, -0.1) is 0 Å². The SMILES string of the molecule is CCCCOc1ccc(OCCCN)c(CCCOC)c1. The third-order valence-corrected chi connectivity index (χ3v) is 3.20. The van der Waals surface area contributed by atoms with Crippen molar-refractivity contribution in [3.05, 3.63) is 23.8 Å². The summed E-state index contributed by atoms with van der Waals surface area (Å²) in [5.74, 6) is 1.85. The van der Waals surface area contributed by atoms with E-state index in [1.807, 2.05) is 12.1 Å². The summed E-state index contributed by atoms with van der Waals surface area (Å²) in [6.07, 6.45) is 4.99. The highest BCUT2D eigenvalue weighted by Crippen LogP contribution is 2.26. The molecule has 1 aromatic rings. The molecular formula is C17H29NO3. The Hall–Kier alpha value is -1.26. The van der Waals surface area contributed by atoms with Crippen LogP contribution in [-0.4, -0.2) is 33.5 Å². The molecule has 1 rings (SSSR count). The van der Waals surface area contributed by atoms with Gasteiger partial charge >= 0.3 is 0 Å². The van der Waals surface area contributed by atoms with Crippen LogP contribution in [0.2, 0.25) is 0 Å². The molecule has 0 aliphatic rings. The first-order chi connectivity index (χ1) is 10.3. The molecule has 0 aliphatic carbocycles. The molecule has 0 atom stereocenters. The predicted molar refractivity (Wildman–Crippen MR) is 86.2 cm³/mol. The largest absolute Gasteiger partial charge is 0.494 e. The smallest absolute Gasteiger partial charge is 0.122 e. The Morgan fingerprint density at radius 1 is 1.00 bits per heavy atom. The fourth-order valence-electron chi connectivity index (χ4n) is 1.99. The van der Waals surface area contributed by atoms with Gasteiger partial charge in [-0.1, -0.05) is 13.3 Å². The van der Waals surface area contributed by atoms with Crippen molar-refractivity contribution >= 4 is 0 Å². The highest BCUT2D eigenvalue weighted by molar-refractivity contribution is 5.40. The van der Waals surface area contributed by atoms with E-state index in [1.54, 1.807) is 7.11 Å². The predicted octanol–water partition coefficient (Wildman–Crippen LogP) is 3.17. The van der Waals surface area contributed by atoms with E-state index >= 15 is 0 Å². The van der Waals surface area contributed by atoms with E-state index in [9.17, 15) is 0 Å². The molecule has 0 bridgehead atoms. The molecule has 120 valence electrons. The zero-order chi connectivity index (χ0) is 15.3. The Morgan fingerprint density at radius 2 is 1.81 bits per heavy atom. The highest BCUT2D eigenvalue weighted by atomic mass is 16.5. The number of ether oxygens (including phenoxy) is 3. The Kier molecular flexibility index (Phi) is 9.66. The van der Waals surface area contributed by atoms with Gasteiger partial charge in [0.1, 0.15) is 11.5 Å². The first-order valence-corrected chi connectivity index (χ1v) is 7.89. The van der Waals surface area contributed by atoms with Crippen molar-refractivity contribution < 1.29 is 14.2 Å². The number of methoxy groups -OCH3 is 1. The van der Waals surface area contributed by atoms with Gasteiger partial charge in [-0.2, -0.15) is 0 Å². The monoisotopic (exact) mass is 295 g/mol. The van der Waals surface area contributed by atoms with Gasteiger partial charge in [-0.05, 0) is 56.0 Å². The zero-order valence-electron chi connectivity index (χ0n) is 13.4. The van der Waals surface area contributed by atoms with Crippen LogP contribution in [0.15, 0.2) is 18.2 Å². The second-order valence-corrected chi connectivity index (χ2v) is 5.06. The van der Waals surface area contributed by atoms with Gasteiger partial charge < -0.3 is 19.9 Å². The van der Waals surface area contributed by atoms with E-state index in [-0.39, 0.29) is 0 Å². The van der Waals surface area contributed by atoms with Crippen LogP contribution in [0.25, 0.3) is 0 Å². The van der Waals surface area contributed by atoms with Crippen LogP contribution in [0, 0.1) is 0 Å². The number of nitrogens with two attached hydrogens (primary N) is 1. The van der Waals surface area contributed by atoms with Crippen LogP contribution >= 0.6 is 0 Å². The molecule has 4 heteroatoms. The van der Waals surface area contributed by atoms with Crippen molar-refractivity contribution in [2.45, 2.75) is 39.0 Å². The molecule has 0 aliphatic heterocycles. The second kappa shape index (κ2) is 11.4. The molecule has 21 heavy (non-hydrogen) atoms. The van der Waals surface area contributed by atoms with Gasteiger partial charge in [0, 0.05) is 13.7 Å². The van der Waals surface area contributed by atoms with Gasteiger partial charge in [-0.3, -0.25) is 0 Å². The quantitative estimate of drug-likeness (QED) is 0.602. The summed E-state index contributed by atoms with van der Waals surface area (Å²) in [4.78, 5) is 0. The number of rotatable bonds is 12. The number of aryl methyl sites for hydroxylation is 1. The third-order valence-electron chi connectivity index (χ3n) is 3.20. The molecule has 4 nitrogen and oxygen atoms in total. The molecule has 1 aromatic carbocycles. The maximum atomic E-state index is 5.81. The summed E-state index contributed by atoms with van der Waals surface area (Å²) in [7, 11) is 1.73. The minimum Gasteiger partial charge on any atom is -0.494 e. The number of hydrogen-bond donors (Lipinski definition) is 1. The van der Waals surface area contributed by atoms with E-state index in [0.717, 1.165) is 56.8 Å². The fourth-order valence-corrected chi connectivity index (χ4v) is 1.99. The summed E-state index contributed by atoms with van der Waals surface area (Å²) in [6, 6.07) is 6.07. The van der Waals surface area contributed by atoms with E-state index in [4.69, 9.17) is 19.9 Å². The molecule has 0 radical (unpaired) electrons. The molecule has 0 saturated heterocycles. The minimum absolute atomic E-state index is 0.650. The Morgan fingerprint density at radius 3 is 2.52 bits per heavy atom. The molecular weight excluding hydrogens is 266 g/mol. The standard InChI is InChI=1S/C17H29NO3/c1-3-4-12-20-16-8-9-17(21-13-6-10-18)15(14-16)7-5-11-19-2/h8-9,14H,3-7,10-13,18H2,1-2H3. The van der Waals surface area contributed by atoms with Crippen LogP contribution in [0.4, 0.5) is 0 Å². The van der Waals surface area contributed by atoms with Crippen molar-refractivity contribution in [3.8, 4) is 11.5 Å². The summed E-state index contributed by atoms with van der Waals surface area (Å²) < 4.78 is 16.7. The summed E-state index contributed by atoms with van der Waals surface area (Å²) in [5.41, 5.74) is 6.68. The van der Waals surface area contributed by atoms with Crippen LogP contribution in [-0.2, 0) is 11.2 Å². The van der Waals surface area contributed by atoms with E-state index in [2.05, 4.69) is 13.0 Å². The third kappa shape index (κ3) is 7.34. The molecule has 0 unspecified atom stereocenters. The molecule has 0 saturated carbocycles. The van der Waals surface area contributed by atoms with Crippen LogP contribution in [0.3, 0.4) is 0 Å². The molecule has 2 N–H and O–H groups in total. The summed E-state index contributed by atoms with van der Waals surface area (Å²) in [6.45, 7) is 4.99. The topological polar surface area (TPSA) is 53.7 Å². The maximum absolute atomic E-state index is 5.81. The summed E-state index contributed by atoms with van der Waals surface area (Å²) >= 11 is 0. The van der Waals surface area contributed by atoms with E-state index in [1.165, 1.54) is 5.56 Å². The Bertz CT molecular complexity index is 382. The average molecular weight is 295 g/mol. The van der Waals surface area contributed by atoms with Crippen LogP contribution in [0.5, 0.6) is 11.5 Å². The minimum atomic E-state index is 0.650. The highest BCUT2D eigenvalue weighted by Gasteiger charge is 2.06. The van der Waals surface area contributed by atoms with Gasteiger partial charge in [0.15, 0.2) is 0 Å². The Balaban J connectivity index is 2.65. The van der Waals surface area contributed by atoms with Gasteiger partial charge in [0.25, 0.3) is 0 Å². The lowest BCUT2D eigenvalue weighted by Gasteiger charge is -2.14. The van der Waals surface area contributed by atoms with Gasteiger partial charge in [0.05, 0.1) is 13.2 Å². The lowest BCUT2D eigenvalue weighted by atomic mass is 10.1. The number of hydrogen-bond acceptors (Lipinski definition) is 4. The Labute approximate surface area is 128 Å². The van der Waals surface area contributed by atoms with Crippen molar-refractivity contribution in [1.82, 2.24) is 0 Å². The van der Waals surface area contributed by atoms with Crippen LogP contribution in [0.1, 0.15) is 38.2 Å². The van der Waals surface area contributed by atoms with Crippen molar-refractivity contribution in [2.75, 3.05) is 33.5 Å². The molecule has 0 heterocycles. The van der Waals surface area contributed by atoms with E-state index < -0.39 is 0 Å². The van der Waals surface area contributed by atoms with Crippen LogP contribution < -0.4 is 15.2 Å². The van der Waals surface area contributed by atoms with E-state index in [0.29, 0.717) is 13.2 Å². The summed E-state index contributed by atoms with van der Waals surface area (Å²) in [5, 5.41) is 0. The second-order valence-electron chi connectivity index (χ2n) is 5.06. The lowest BCUT2D eigenvalue weighted by Crippen LogP contribution is -2.07. The first-order valence-electron chi connectivity index (χ1n) is 7.89. The van der Waals surface area contributed by atoms with Crippen molar-refractivity contribution in [2.24, 2.45) is 5.73 Å². The van der Waals surface area contributed by atoms with Crippen molar-refractivity contribution in [3.63, 3.8) is 0 Å². The molecule has 0 aromatic heterocycles. The number of unbranched alkanes of at least 4 members (excludes halogenated alkanes) is 1. The van der Waals surface area contributed by atoms with Crippen molar-refractivity contribution in [1.29, 1.82) is 0 Å². The van der Waals surface area contributed by atoms with Gasteiger partial charge in [0.2, 0.25) is 0 Å². The number of benzene rings is 1. The first kappa shape index (κ1) is 17.8. The molecule has 0 spiro atoms. The fraction of sp³-hybridized carbons (Fsp3) is 0.647. The maximum Gasteiger partial charge on any atom is 0.122 e. The molecule has 0 fully saturated rings. The zero-order valence-corrected chi connectivity index (χ0v) is 13.4.